The lowest BCUT2D eigenvalue weighted by Crippen LogP contribution is -2.31. The quantitative estimate of drug-likeness (QED) is 0.699. The topological polar surface area (TPSA) is 84.2 Å². The van der Waals surface area contributed by atoms with Crippen molar-refractivity contribution in [1.29, 1.82) is 0 Å². The zero-order chi connectivity index (χ0) is 18.1. The van der Waals surface area contributed by atoms with Gasteiger partial charge < -0.3 is 16.4 Å². The molecule has 1 unspecified atom stereocenters. The molecule has 2 aliphatic carbocycles. The summed E-state index contributed by atoms with van der Waals surface area (Å²) in [7, 11) is 0. The summed E-state index contributed by atoms with van der Waals surface area (Å²) in [5.74, 6) is 0.137. The van der Waals surface area contributed by atoms with Gasteiger partial charge >= 0.3 is 0 Å². The molecule has 142 valence electrons. The second-order valence-corrected chi connectivity index (χ2v) is 7.22. The SMILES string of the molecule is Cl.Nc1ccc2c(c1)CCCC2NC(=O)c1ccc(NC(=O)C2CC2)cc1. The van der Waals surface area contributed by atoms with Crippen molar-refractivity contribution in [3.05, 3.63) is 59.2 Å². The number of hydrogen-bond donors (Lipinski definition) is 3. The Labute approximate surface area is 165 Å². The van der Waals surface area contributed by atoms with Gasteiger partial charge in [-0.3, -0.25) is 9.59 Å². The number of fused-ring (bicyclic) bond motifs is 1. The van der Waals surface area contributed by atoms with E-state index in [-0.39, 0.29) is 36.2 Å². The standard InChI is InChI=1S/C21H23N3O2.ClH/c22-16-8-11-18-15(12-16)2-1-3-19(18)24-21(26)14-6-9-17(10-7-14)23-20(25)13-4-5-13;/h6-13,19H,1-5,22H2,(H,23,25)(H,24,26);1H. The van der Waals surface area contributed by atoms with Gasteiger partial charge in [-0.2, -0.15) is 0 Å². The molecule has 0 spiro atoms. The summed E-state index contributed by atoms with van der Waals surface area (Å²) in [6.07, 6.45) is 4.91. The van der Waals surface area contributed by atoms with Crippen LogP contribution in [0, 0.1) is 5.92 Å². The summed E-state index contributed by atoms with van der Waals surface area (Å²) in [5, 5.41) is 6.02. The van der Waals surface area contributed by atoms with E-state index in [1.807, 2.05) is 18.2 Å². The lowest BCUT2D eigenvalue weighted by molar-refractivity contribution is -0.117. The van der Waals surface area contributed by atoms with Gasteiger partial charge in [0, 0.05) is 22.9 Å². The van der Waals surface area contributed by atoms with E-state index >= 15 is 0 Å². The maximum atomic E-state index is 12.6. The number of anilines is 2. The molecule has 2 aromatic rings. The van der Waals surface area contributed by atoms with Crippen molar-refractivity contribution in [1.82, 2.24) is 5.32 Å². The van der Waals surface area contributed by atoms with Crippen molar-refractivity contribution in [2.75, 3.05) is 11.1 Å². The van der Waals surface area contributed by atoms with Crippen LogP contribution >= 0.6 is 12.4 Å². The van der Waals surface area contributed by atoms with E-state index in [0.717, 1.165) is 49.0 Å². The van der Waals surface area contributed by atoms with Crippen LogP contribution in [0.15, 0.2) is 42.5 Å². The molecule has 4 rings (SSSR count). The molecule has 6 heteroatoms. The van der Waals surface area contributed by atoms with E-state index in [1.54, 1.807) is 24.3 Å². The van der Waals surface area contributed by atoms with E-state index in [9.17, 15) is 9.59 Å². The highest BCUT2D eigenvalue weighted by atomic mass is 35.5. The fourth-order valence-electron chi connectivity index (χ4n) is 3.52. The van der Waals surface area contributed by atoms with Crippen LogP contribution in [-0.2, 0) is 11.2 Å². The third kappa shape index (κ3) is 4.42. The number of nitrogen functional groups attached to an aromatic ring is 1. The van der Waals surface area contributed by atoms with Crippen LogP contribution in [-0.4, -0.2) is 11.8 Å². The predicted octanol–water partition coefficient (Wildman–Crippen LogP) is 3.85. The Morgan fingerprint density at radius 2 is 1.74 bits per heavy atom. The summed E-state index contributed by atoms with van der Waals surface area (Å²) in [5.41, 5.74) is 10.3. The van der Waals surface area contributed by atoms with Crippen molar-refractivity contribution >= 4 is 35.6 Å². The predicted molar refractivity (Wildman–Crippen MR) is 109 cm³/mol. The molecule has 2 aromatic carbocycles. The van der Waals surface area contributed by atoms with Crippen LogP contribution in [0.25, 0.3) is 0 Å². The van der Waals surface area contributed by atoms with Crippen LogP contribution in [0.5, 0.6) is 0 Å². The molecule has 4 N–H and O–H groups in total. The van der Waals surface area contributed by atoms with Crippen LogP contribution in [0.2, 0.25) is 0 Å². The Morgan fingerprint density at radius 3 is 2.44 bits per heavy atom. The molecule has 2 aliphatic rings. The lowest BCUT2D eigenvalue weighted by Gasteiger charge is -2.26. The maximum absolute atomic E-state index is 12.6. The highest BCUT2D eigenvalue weighted by Crippen LogP contribution is 2.32. The van der Waals surface area contributed by atoms with E-state index in [1.165, 1.54) is 5.56 Å². The van der Waals surface area contributed by atoms with Crippen molar-refractivity contribution in [3.63, 3.8) is 0 Å². The van der Waals surface area contributed by atoms with Crippen molar-refractivity contribution < 1.29 is 9.59 Å². The van der Waals surface area contributed by atoms with E-state index in [4.69, 9.17) is 5.73 Å². The largest absolute Gasteiger partial charge is 0.399 e. The summed E-state index contributed by atoms with van der Waals surface area (Å²) in [6, 6.07) is 13.0. The molecule has 1 fully saturated rings. The molecule has 1 saturated carbocycles. The van der Waals surface area contributed by atoms with Gasteiger partial charge in [-0.25, -0.2) is 0 Å². The number of carbonyl (C=O) groups excluding carboxylic acids is 2. The summed E-state index contributed by atoms with van der Waals surface area (Å²) in [4.78, 5) is 24.4. The molecule has 5 nitrogen and oxygen atoms in total. The Bertz CT molecular complexity index is 847. The van der Waals surface area contributed by atoms with Gasteiger partial charge in [0.25, 0.3) is 5.91 Å². The number of nitrogens with two attached hydrogens (primary N) is 1. The minimum absolute atomic E-state index is 0. The molecule has 0 radical (unpaired) electrons. The van der Waals surface area contributed by atoms with Crippen molar-refractivity contribution in [2.24, 2.45) is 5.92 Å². The summed E-state index contributed by atoms with van der Waals surface area (Å²) >= 11 is 0. The minimum Gasteiger partial charge on any atom is -0.399 e. The van der Waals surface area contributed by atoms with Gasteiger partial charge in [-0.15, -0.1) is 12.4 Å². The lowest BCUT2D eigenvalue weighted by atomic mass is 9.87. The zero-order valence-corrected chi connectivity index (χ0v) is 15.9. The highest BCUT2D eigenvalue weighted by molar-refractivity contribution is 5.97. The fraction of sp³-hybridized carbons (Fsp3) is 0.333. The molecule has 1 atom stereocenters. The number of rotatable bonds is 4. The Kier molecular flexibility index (Phi) is 5.71. The third-order valence-electron chi connectivity index (χ3n) is 5.15. The van der Waals surface area contributed by atoms with Crippen molar-refractivity contribution in [3.8, 4) is 0 Å². The van der Waals surface area contributed by atoms with Crippen molar-refractivity contribution in [2.45, 2.75) is 38.1 Å². The normalized spacial score (nSPS) is 18.0. The van der Waals surface area contributed by atoms with Crippen LogP contribution in [0.3, 0.4) is 0 Å². The van der Waals surface area contributed by atoms with E-state index < -0.39 is 0 Å². The monoisotopic (exact) mass is 385 g/mol. The Hall–Kier alpha value is -2.53. The van der Waals surface area contributed by atoms with Gasteiger partial charge in [0.2, 0.25) is 5.91 Å². The van der Waals surface area contributed by atoms with Gasteiger partial charge in [0.15, 0.2) is 0 Å². The van der Waals surface area contributed by atoms with Gasteiger partial charge in [0.1, 0.15) is 0 Å². The fourth-order valence-corrected chi connectivity index (χ4v) is 3.52. The molecule has 0 saturated heterocycles. The first-order chi connectivity index (χ1) is 12.6. The van der Waals surface area contributed by atoms with Crippen LogP contribution < -0.4 is 16.4 Å². The first kappa shape index (κ1) is 19.2. The van der Waals surface area contributed by atoms with Gasteiger partial charge in [-0.05, 0) is 79.6 Å². The average Bonchev–Trinajstić information content (AvgIpc) is 3.47. The summed E-state index contributed by atoms with van der Waals surface area (Å²) < 4.78 is 0. The molecular weight excluding hydrogens is 362 g/mol. The number of hydrogen-bond acceptors (Lipinski definition) is 3. The minimum atomic E-state index is -0.0975. The number of nitrogens with one attached hydrogen (secondary N) is 2. The first-order valence-corrected chi connectivity index (χ1v) is 9.20. The second-order valence-electron chi connectivity index (χ2n) is 7.22. The maximum Gasteiger partial charge on any atom is 0.251 e. The first-order valence-electron chi connectivity index (χ1n) is 9.20. The van der Waals surface area contributed by atoms with E-state index in [0.29, 0.717) is 5.56 Å². The molecule has 0 bridgehead atoms. The molecule has 0 heterocycles. The number of aryl methyl sites for hydroxylation is 1. The van der Waals surface area contributed by atoms with Gasteiger partial charge in [0.05, 0.1) is 6.04 Å². The number of amides is 2. The number of carbonyl (C=O) groups is 2. The Balaban J connectivity index is 0.00000210. The zero-order valence-electron chi connectivity index (χ0n) is 15.0. The number of benzene rings is 2. The highest BCUT2D eigenvalue weighted by Gasteiger charge is 2.29. The molecule has 2 amide bonds. The molecule has 27 heavy (non-hydrogen) atoms. The molecule has 0 aliphatic heterocycles. The van der Waals surface area contributed by atoms with E-state index in [2.05, 4.69) is 10.6 Å². The van der Waals surface area contributed by atoms with Crippen LogP contribution in [0.1, 0.15) is 53.2 Å². The molecular formula is C21H24ClN3O2. The smallest absolute Gasteiger partial charge is 0.251 e. The molecule has 0 aromatic heterocycles. The number of halogens is 1. The van der Waals surface area contributed by atoms with Crippen LogP contribution in [0.4, 0.5) is 11.4 Å². The second kappa shape index (κ2) is 8.01. The summed E-state index contributed by atoms with van der Waals surface area (Å²) in [6.45, 7) is 0. The average molecular weight is 386 g/mol. The van der Waals surface area contributed by atoms with Gasteiger partial charge in [-0.1, -0.05) is 6.07 Å². The third-order valence-corrected chi connectivity index (χ3v) is 5.15. The Morgan fingerprint density at radius 1 is 1.00 bits per heavy atom.